The van der Waals surface area contributed by atoms with Crippen molar-refractivity contribution in [3.8, 4) is 0 Å². The number of hydrogen-bond donors (Lipinski definition) is 2. The van der Waals surface area contributed by atoms with Crippen molar-refractivity contribution in [2.45, 2.75) is 25.3 Å². The van der Waals surface area contributed by atoms with E-state index >= 15 is 0 Å². The second-order valence-electron chi connectivity index (χ2n) is 6.70. The van der Waals surface area contributed by atoms with Crippen molar-refractivity contribution in [1.29, 1.82) is 0 Å². The zero-order valence-corrected chi connectivity index (χ0v) is 13.5. The number of carbonyl (C=O) groups excluding carboxylic acids is 2. The molecule has 2 aromatic rings. The van der Waals surface area contributed by atoms with Gasteiger partial charge in [0.05, 0.1) is 11.6 Å². The van der Waals surface area contributed by atoms with Gasteiger partial charge in [0.1, 0.15) is 0 Å². The van der Waals surface area contributed by atoms with Crippen molar-refractivity contribution in [2.75, 3.05) is 18.4 Å². The lowest BCUT2D eigenvalue weighted by molar-refractivity contribution is -0.124. The molecule has 2 bridgehead atoms. The number of nitrogens with zero attached hydrogens (tertiary/aromatic N) is 1. The molecule has 2 atom stereocenters. The Morgan fingerprint density at radius 2 is 1.92 bits per heavy atom. The van der Waals surface area contributed by atoms with Gasteiger partial charge in [-0.15, -0.1) is 0 Å². The summed E-state index contributed by atoms with van der Waals surface area (Å²) < 4.78 is 0. The van der Waals surface area contributed by atoms with Crippen molar-refractivity contribution in [1.82, 2.24) is 10.2 Å². The van der Waals surface area contributed by atoms with E-state index in [1.807, 2.05) is 42.5 Å². The van der Waals surface area contributed by atoms with E-state index < -0.39 is 0 Å². The highest BCUT2D eigenvalue weighted by Crippen LogP contribution is 2.25. The molecule has 2 aromatic carbocycles. The number of hydrogen-bond acceptors (Lipinski definition) is 2. The molecule has 0 saturated carbocycles. The van der Waals surface area contributed by atoms with Gasteiger partial charge in [0.15, 0.2) is 0 Å². The number of likely N-dealkylation sites (tertiary alicyclic amines) is 1. The van der Waals surface area contributed by atoms with Crippen LogP contribution in [0.5, 0.6) is 0 Å². The SMILES string of the molecule is O=C1NC2CCCC1CN(C(=O)Nc1cccc3ccccc13)C2. The summed E-state index contributed by atoms with van der Waals surface area (Å²) in [4.78, 5) is 26.7. The first-order chi connectivity index (χ1) is 11.7. The van der Waals surface area contributed by atoms with E-state index in [0.29, 0.717) is 13.1 Å². The summed E-state index contributed by atoms with van der Waals surface area (Å²) in [6.07, 6.45) is 2.85. The molecule has 5 nitrogen and oxygen atoms in total. The molecule has 2 heterocycles. The van der Waals surface area contributed by atoms with Crippen LogP contribution in [0.4, 0.5) is 10.5 Å². The molecule has 3 amide bonds. The lowest BCUT2D eigenvalue weighted by Crippen LogP contribution is -2.43. The van der Waals surface area contributed by atoms with Gasteiger partial charge in [0.2, 0.25) is 5.91 Å². The highest BCUT2D eigenvalue weighted by Gasteiger charge is 2.34. The Bertz CT molecular complexity index is 784. The lowest BCUT2D eigenvalue weighted by Gasteiger charge is -2.27. The Hall–Kier alpha value is -2.56. The third-order valence-electron chi connectivity index (χ3n) is 5.02. The summed E-state index contributed by atoms with van der Waals surface area (Å²) in [6.45, 7) is 1.08. The summed E-state index contributed by atoms with van der Waals surface area (Å²) in [5.74, 6) is 0.00808. The predicted octanol–water partition coefficient (Wildman–Crippen LogP) is 2.97. The molecule has 0 spiro atoms. The van der Waals surface area contributed by atoms with Crippen LogP contribution >= 0.6 is 0 Å². The van der Waals surface area contributed by atoms with Gasteiger partial charge >= 0.3 is 6.03 Å². The van der Waals surface area contributed by atoms with Crippen molar-refractivity contribution < 1.29 is 9.59 Å². The van der Waals surface area contributed by atoms with Crippen LogP contribution in [0.3, 0.4) is 0 Å². The average molecular weight is 323 g/mol. The van der Waals surface area contributed by atoms with Gasteiger partial charge in [0.25, 0.3) is 0 Å². The van der Waals surface area contributed by atoms with E-state index in [4.69, 9.17) is 0 Å². The molecule has 4 rings (SSSR count). The summed E-state index contributed by atoms with van der Waals surface area (Å²) >= 11 is 0. The second-order valence-corrected chi connectivity index (χ2v) is 6.70. The van der Waals surface area contributed by atoms with E-state index in [9.17, 15) is 9.59 Å². The maximum absolute atomic E-state index is 12.8. The minimum absolute atomic E-state index is 0.0725. The van der Waals surface area contributed by atoms with Gasteiger partial charge in [-0.2, -0.15) is 0 Å². The maximum atomic E-state index is 12.8. The monoisotopic (exact) mass is 323 g/mol. The number of anilines is 1. The number of fused-ring (bicyclic) bond motifs is 4. The highest BCUT2D eigenvalue weighted by atomic mass is 16.2. The normalized spacial score (nSPS) is 23.5. The van der Waals surface area contributed by atoms with E-state index in [0.717, 1.165) is 35.7 Å². The number of nitrogens with one attached hydrogen (secondary N) is 2. The van der Waals surface area contributed by atoms with Crippen LogP contribution in [-0.2, 0) is 4.79 Å². The minimum atomic E-state index is -0.125. The summed E-state index contributed by atoms with van der Waals surface area (Å²) in [5.41, 5.74) is 0.812. The molecule has 124 valence electrons. The molecule has 2 saturated heterocycles. The van der Waals surface area contributed by atoms with Gasteiger partial charge in [-0.05, 0) is 24.3 Å². The van der Waals surface area contributed by atoms with E-state index in [1.54, 1.807) is 4.90 Å². The third-order valence-corrected chi connectivity index (χ3v) is 5.02. The first-order valence-electron chi connectivity index (χ1n) is 8.55. The number of amides is 3. The second kappa shape index (κ2) is 6.15. The topological polar surface area (TPSA) is 61.4 Å². The van der Waals surface area contributed by atoms with Crippen molar-refractivity contribution in [2.24, 2.45) is 5.92 Å². The van der Waals surface area contributed by atoms with Crippen molar-refractivity contribution in [3.63, 3.8) is 0 Å². The molecular weight excluding hydrogens is 302 g/mol. The van der Waals surface area contributed by atoms with Crippen molar-refractivity contribution in [3.05, 3.63) is 42.5 Å². The first kappa shape index (κ1) is 15.0. The van der Waals surface area contributed by atoms with Gasteiger partial charge < -0.3 is 15.5 Å². The Labute approximate surface area is 141 Å². The zero-order chi connectivity index (χ0) is 16.5. The lowest BCUT2D eigenvalue weighted by atomic mass is 9.99. The summed E-state index contributed by atoms with van der Waals surface area (Å²) in [7, 11) is 0. The first-order valence-corrected chi connectivity index (χ1v) is 8.55. The molecule has 2 fully saturated rings. The fourth-order valence-electron chi connectivity index (χ4n) is 3.75. The van der Waals surface area contributed by atoms with Crippen LogP contribution in [0.15, 0.2) is 42.5 Å². The number of rotatable bonds is 1. The smallest absolute Gasteiger partial charge is 0.321 e. The van der Waals surface area contributed by atoms with E-state index in [1.165, 1.54) is 0 Å². The third kappa shape index (κ3) is 2.82. The standard InChI is InChI=1S/C19H21N3O2/c23-18-14-7-3-8-15(20-18)12-22(11-14)19(24)21-17-10-4-6-13-5-1-2-9-16(13)17/h1-2,4-6,9-10,14-15H,3,7-8,11-12H2,(H,20,23)(H,21,24). The molecule has 0 aromatic heterocycles. The molecule has 2 N–H and O–H groups in total. The average Bonchev–Trinajstić information content (AvgIpc) is 2.83. The number of benzene rings is 2. The fraction of sp³-hybridized carbons (Fsp3) is 0.368. The van der Waals surface area contributed by atoms with Gasteiger partial charge in [0, 0.05) is 24.5 Å². The Balaban J connectivity index is 1.56. The Kier molecular flexibility index (Phi) is 3.84. The quantitative estimate of drug-likeness (QED) is 0.847. The molecular formula is C19H21N3O2. The Morgan fingerprint density at radius 1 is 1.08 bits per heavy atom. The zero-order valence-electron chi connectivity index (χ0n) is 13.5. The van der Waals surface area contributed by atoms with E-state index in [2.05, 4.69) is 10.6 Å². The van der Waals surface area contributed by atoms with E-state index in [-0.39, 0.29) is 23.9 Å². The molecule has 0 radical (unpaired) electrons. The molecule has 5 heteroatoms. The van der Waals surface area contributed by atoms with Crippen LogP contribution in [0.25, 0.3) is 10.8 Å². The van der Waals surface area contributed by atoms with Crippen LogP contribution in [0.2, 0.25) is 0 Å². The predicted molar refractivity (Wildman–Crippen MR) is 93.8 cm³/mol. The Morgan fingerprint density at radius 3 is 2.83 bits per heavy atom. The van der Waals surface area contributed by atoms with Gasteiger partial charge in [-0.25, -0.2) is 4.79 Å². The van der Waals surface area contributed by atoms with Crippen molar-refractivity contribution >= 4 is 28.4 Å². The summed E-state index contributed by atoms with van der Waals surface area (Å²) in [5, 5.41) is 8.22. The minimum Gasteiger partial charge on any atom is -0.351 e. The van der Waals surface area contributed by atoms with Gasteiger partial charge in [-0.3, -0.25) is 4.79 Å². The molecule has 24 heavy (non-hydrogen) atoms. The van der Waals surface area contributed by atoms with Crippen LogP contribution in [-0.4, -0.2) is 36.0 Å². The number of carbonyl (C=O) groups is 2. The van der Waals surface area contributed by atoms with Crippen LogP contribution in [0.1, 0.15) is 19.3 Å². The molecule has 2 aliphatic rings. The van der Waals surface area contributed by atoms with Crippen LogP contribution < -0.4 is 10.6 Å². The fourth-order valence-corrected chi connectivity index (χ4v) is 3.75. The summed E-state index contributed by atoms with van der Waals surface area (Å²) in [6, 6.07) is 13.8. The van der Waals surface area contributed by atoms with Crippen LogP contribution in [0, 0.1) is 5.92 Å². The maximum Gasteiger partial charge on any atom is 0.321 e. The molecule has 2 unspecified atom stereocenters. The highest BCUT2D eigenvalue weighted by molar-refractivity contribution is 6.01. The van der Waals surface area contributed by atoms with Gasteiger partial charge in [-0.1, -0.05) is 42.8 Å². The number of urea groups is 1. The molecule has 0 aliphatic carbocycles. The molecule has 2 aliphatic heterocycles. The largest absolute Gasteiger partial charge is 0.351 e.